The highest BCUT2D eigenvalue weighted by molar-refractivity contribution is 7.99. The summed E-state index contributed by atoms with van der Waals surface area (Å²) >= 11 is 2.07. The average molecular weight is 256 g/mol. The molecule has 0 radical (unpaired) electrons. The van der Waals surface area contributed by atoms with Crippen molar-refractivity contribution in [3.8, 4) is 0 Å². The molecule has 100 valence electrons. The summed E-state index contributed by atoms with van der Waals surface area (Å²) in [6, 6.07) is 2.32. The molecular formula is C14H28N2S. The van der Waals surface area contributed by atoms with Gasteiger partial charge in [-0.3, -0.25) is 4.90 Å². The van der Waals surface area contributed by atoms with Crippen LogP contribution in [0.3, 0.4) is 0 Å². The summed E-state index contributed by atoms with van der Waals surface area (Å²) in [5.74, 6) is 0. The first-order valence-corrected chi connectivity index (χ1v) is 8.55. The Balaban J connectivity index is 1.87. The van der Waals surface area contributed by atoms with Gasteiger partial charge >= 0.3 is 0 Å². The highest BCUT2D eigenvalue weighted by Crippen LogP contribution is 2.31. The summed E-state index contributed by atoms with van der Waals surface area (Å²) in [5.41, 5.74) is 0. The molecule has 17 heavy (non-hydrogen) atoms. The van der Waals surface area contributed by atoms with E-state index in [-0.39, 0.29) is 0 Å². The molecule has 1 saturated carbocycles. The van der Waals surface area contributed by atoms with Crippen molar-refractivity contribution in [2.45, 2.75) is 69.3 Å². The van der Waals surface area contributed by atoms with E-state index >= 15 is 0 Å². The molecule has 2 nitrogen and oxygen atoms in total. The number of thioether (sulfide) groups is 1. The van der Waals surface area contributed by atoms with Crippen LogP contribution in [0.5, 0.6) is 0 Å². The Bertz CT molecular complexity index is 226. The Morgan fingerprint density at radius 3 is 2.53 bits per heavy atom. The molecule has 1 heterocycles. The predicted octanol–water partition coefficient (Wildman–Crippen LogP) is 2.73. The van der Waals surface area contributed by atoms with Crippen molar-refractivity contribution >= 4 is 11.8 Å². The predicted molar refractivity (Wildman–Crippen MR) is 77.8 cm³/mol. The lowest BCUT2D eigenvalue weighted by Gasteiger charge is -2.45. The Kier molecular flexibility index (Phi) is 5.19. The van der Waals surface area contributed by atoms with E-state index in [1.807, 2.05) is 0 Å². The van der Waals surface area contributed by atoms with Crippen LogP contribution in [0.1, 0.15) is 46.0 Å². The summed E-state index contributed by atoms with van der Waals surface area (Å²) in [6.07, 6.45) is 9.24. The van der Waals surface area contributed by atoms with Gasteiger partial charge in [0, 0.05) is 36.5 Å². The minimum atomic E-state index is 0.726. The molecule has 2 aliphatic rings. The molecule has 2 atom stereocenters. The van der Waals surface area contributed by atoms with Crippen LogP contribution in [-0.2, 0) is 0 Å². The number of hydrogen-bond acceptors (Lipinski definition) is 3. The van der Waals surface area contributed by atoms with E-state index in [9.17, 15) is 0 Å². The van der Waals surface area contributed by atoms with Gasteiger partial charge in [-0.15, -0.1) is 0 Å². The fourth-order valence-corrected chi connectivity index (χ4v) is 4.09. The topological polar surface area (TPSA) is 15.3 Å². The molecule has 1 saturated heterocycles. The summed E-state index contributed by atoms with van der Waals surface area (Å²) in [5, 5.41) is 4.60. The van der Waals surface area contributed by atoms with Crippen LogP contribution in [0.15, 0.2) is 0 Å². The number of nitrogens with zero attached hydrogens (tertiary/aromatic N) is 1. The van der Waals surface area contributed by atoms with E-state index in [4.69, 9.17) is 0 Å². The largest absolute Gasteiger partial charge is 0.311 e. The van der Waals surface area contributed by atoms with Gasteiger partial charge in [0.25, 0.3) is 0 Å². The normalized spacial score (nSPS) is 40.4. The first-order valence-electron chi connectivity index (χ1n) is 7.26. The fraction of sp³-hybridized carbons (Fsp3) is 1.00. The molecule has 1 N–H and O–H groups in total. The van der Waals surface area contributed by atoms with Crippen LogP contribution in [0.25, 0.3) is 0 Å². The third kappa shape index (κ3) is 3.39. The number of hydrogen-bond donors (Lipinski definition) is 1. The molecule has 0 amide bonds. The highest BCUT2D eigenvalue weighted by Gasteiger charge is 2.32. The van der Waals surface area contributed by atoms with Crippen LogP contribution in [0, 0.1) is 0 Å². The van der Waals surface area contributed by atoms with Crippen molar-refractivity contribution in [1.29, 1.82) is 0 Å². The number of nitrogens with one attached hydrogen (secondary N) is 1. The van der Waals surface area contributed by atoms with Gasteiger partial charge in [0.1, 0.15) is 0 Å². The maximum Gasteiger partial charge on any atom is 0.0196 e. The standard InChI is InChI=1S/C14H28N2S/c1-4-12-10-16(11(2)9-15-12)13-5-7-14(17-3)8-6-13/h11-15H,4-10H2,1-3H3. The Labute approximate surface area is 111 Å². The maximum atomic E-state index is 3.66. The van der Waals surface area contributed by atoms with Gasteiger partial charge in [-0.25, -0.2) is 0 Å². The molecule has 1 aliphatic heterocycles. The van der Waals surface area contributed by atoms with Crippen LogP contribution >= 0.6 is 11.8 Å². The lowest BCUT2D eigenvalue weighted by Crippen LogP contribution is -2.58. The minimum absolute atomic E-state index is 0.726. The summed E-state index contributed by atoms with van der Waals surface area (Å²) in [6.45, 7) is 7.14. The Hall–Kier alpha value is 0.270. The smallest absolute Gasteiger partial charge is 0.0196 e. The van der Waals surface area contributed by atoms with E-state index in [0.717, 1.165) is 23.4 Å². The van der Waals surface area contributed by atoms with Gasteiger partial charge in [0.05, 0.1) is 0 Å². The monoisotopic (exact) mass is 256 g/mol. The molecular weight excluding hydrogens is 228 g/mol. The van der Waals surface area contributed by atoms with Crippen molar-refractivity contribution in [3.63, 3.8) is 0 Å². The lowest BCUT2D eigenvalue weighted by molar-refractivity contribution is 0.0701. The van der Waals surface area contributed by atoms with Crippen LogP contribution in [0.4, 0.5) is 0 Å². The molecule has 1 aliphatic carbocycles. The first kappa shape index (κ1) is 13.7. The molecule has 0 aromatic heterocycles. The molecule has 0 aromatic carbocycles. The average Bonchev–Trinajstić information content (AvgIpc) is 2.39. The van der Waals surface area contributed by atoms with E-state index in [0.29, 0.717) is 0 Å². The SMILES string of the molecule is CCC1CN(C2CCC(SC)CC2)C(C)CN1. The van der Waals surface area contributed by atoms with Crippen LogP contribution in [0.2, 0.25) is 0 Å². The second-order valence-electron chi connectivity index (χ2n) is 5.73. The van der Waals surface area contributed by atoms with Crippen molar-refractivity contribution < 1.29 is 0 Å². The van der Waals surface area contributed by atoms with Gasteiger partial charge in [0.2, 0.25) is 0 Å². The Morgan fingerprint density at radius 2 is 1.94 bits per heavy atom. The Morgan fingerprint density at radius 1 is 1.24 bits per heavy atom. The second-order valence-corrected chi connectivity index (χ2v) is 6.86. The van der Waals surface area contributed by atoms with E-state index in [1.54, 1.807) is 0 Å². The molecule has 2 fully saturated rings. The molecule has 2 unspecified atom stereocenters. The van der Waals surface area contributed by atoms with Crippen LogP contribution < -0.4 is 5.32 Å². The molecule has 0 spiro atoms. The van der Waals surface area contributed by atoms with Crippen molar-refractivity contribution in [2.24, 2.45) is 0 Å². The molecule has 2 rings (SSSR count). The highest BCUT2D eigenvalue weighted by atomic mass is 32.2. The third-order valence-electron chi connectivity index (χ3n) is 4.64. The van der Waals surface area contributed by atoms with E-state index in [2.05, 4.69) is 42.1 Å². The maximum absolute atomic E-state index is 3.66. The summed E-state index contributed by atoms with van der Waals surface area (Å²) in [4.78, 5) is 2.79. The van der Waals surface area contributed by atoms with Crippen molar-refractivity contribution in [3.05, 3.63) is 0 Å². The van der Waals surface area contributed by atoms with Crippen molar-refractivity contribution in [1.82, 2.24) is 10.2 Å². The van der Waals surface area contributed by atoms with Crippen molar-refractivity contribution in [2.75, 3.05) is 19.3 Å². The number of rotatable bonds is 3. The number of piperazine rings is 1. The summed E-state index contributed by atoms with van der Waals surface area (Å²) in [7, 11) is 0. The zero-order chi connectivity index (χ0) is 12.3. The van der Waals surface area contributed by atoms with Gasteiger partial charge in [0.15, 0.2) is 0 Å². The third-order valence-corrected chi connectivity index (χ3v) is 5.78. The summed E-state index contributed by atoms with van der Waals surface area (Å²) < 4.78 is 0. The fourth-order valence-electron chi connectivity index (χ4n) is 3.35. The van der Waals surface area contributed by atoms with E-state index < -0.39 is 0 Å². The minimum Gasteiger partial charge on any atom is -0.311 e. The quantitative estimate of drug-likeness (QED) is 0.836. The van der Waals surface area contributed by atoms with Crippen LogP contribution in [-0.4, -0.2) is 47.6 Å². The molecule has 0 bridgehead atoms. The molecule has 0 aromatic rings. The zero-order valence-corrected chi connectivity index (χ0v) is 12.4. The van der Waals surface area contributed by atoms with Gasteiger partial charge in [-0.05, 0) is 45.3 Å². The lowest BCUT2D eigenvalue weighted by atomic mass is 9.91. The molecule has 3 heteroatoms. The van der Waals surface area contributed by atoms with Gasteiger partial charge in [-0.1, -0.05) is 6.92 Å². The van der Waals surface area contributed by atoms with Gasteiger partial charge in [-0.2, -0.15) is 11.8 Å². The van der Waals surface area contributed by atoms with E-state index in [1.165, 1.54) is 45.2 Å². The van der Waals surface area contributed by atoms with Gasteiger partial charge < -0.3 is 5.32 Å². The first-order chi connectivity index (χ1) is 8.24. The zero-order valence-electron chi connectivity index (χ0n) is 11.6. The second kappa shape index (κ2) is 6.44.